The summed E-state index contributed by atoms with van der Waals surface area (Å²) in [5.74, 6) is -4.35. The largest absolute Gasteiger partial charge is 0.446 e. The molecule has 1 N–H and O–H groups in total. The van der Waals surface area contributed by atoms with Gasteiger partial charge in [-0.05, 0) is 25.0 Å². The van der Waals surface area contributed by atoms with Crippen LogP contribution in [0.4, 0.5) is 8.78 Å². The highest BCUT2D eigenvalue weighted by molar-refractivity contribution is 5.97. The Morgan fingerprint density at radius 1 is 1.23 bits per heavy atom. The van der Waals surface area contributed by atoms with E-state index in [0.29, 0.717) is 0 Å². The van der Waals surface area contributed by atoms with Crippen molar-refractivity contribution in [3.8, 4) is 6.07 Å². The van der Waals surface area contributed by atoms with E-state index in [9.17, 15) is 18.4 Å². The van der Waals surface area contributed by atoms with E-state index in [0.717, 1.165) is 18.2 Å². The number of benzene rings is 1. The van der Waals surface area contributed by atoms with Crippen molar-refractivity contribution in [1.29, 1.82) is 5.26 Å². The van der Waals surface area contributed by atoms with Gasteiger partial charge < -0.3 is 10.1 Å². The zero-order valence-corrected chi connectivity index (χ0v) is 12.4. The molecule has 118 valence electrons. The summed E-state index contributed by atoms with van der Waals surface area (Å²) in [4.78, 5) is 23.9. The van der Waals surface area contributed by atoms with E-state index in [1.54, 1.807) is 19.9 Å². The molecular weight excluding hydrogens is 294 g/mol. The lowest BCUT2D eigenvalue weighted by Gasteiger charge is -2.21. The summed E-state index contributed by atoms with van der Waals surface area (Å²) in [5.41, 5.74) is -0.769. The highest BCUT2D eigenvalue weighted by Crippen LogP contribution is 2.14. The van der Waals surface area contributed by atoms with Crippen LogP contribution in [0.3, 0.4) is 0 Å². The predicted octanol–water partition coefficient (Wildman–Crippen LogP) is 2.17. The van der Waals surface area contributed by atoms with Gasteiger partial charge in [-0.15, -0.1) is 0 Å². The van der Waals surface area contributed by atoms with Gasteiger partial charge in [-0.25, -0.2) is 13.6 Å². The number of hydrogen-bond acceptors (Lipinski definition) is 4. The number of nitrogens with one attached hydrogen (secondary N) is 1. The summed E-state index contributed by atoms with van der Waals surface area (Å²) >= 11 is 0. The minimum Gasteiger partial charge on any atom is -0.446 e. The second kappa shape index (κ2) is 7.50. The number of nitriles is 1. The van der Waals surface area contributed by atoms with Crippen LogP contribution in [-0.4, -0.2) is 24.0 Å². The van der Waals surface area contributed by atoms with Gasteiger partial charge in [-0.1, -0.05) is 19.9 Å². The first kappa shape index (κ1) is 17.6. The summed E-state index contributed by atoms with van der Waals surface area (Å²) in [6.07, 6.45) is -0.990. The zero-order chi connectivity index (χ0) is 16.9. The third-order valence-electron chi connectivity index (χ3n) is 2.87. The first-order chi connectivity index (χ1) is 10.3. The maximum Gasteiger partial charge on any atom is 0.330 e. The van der Waals surface area contributed by atoms with Gasteiger partial charge in [-0.3, -0.25) is 4.79 Å². The molecule has 1 aromatic rings. The molecule has 0 aromatic heterocycles. The van der Waals surface area contributed by atoms with E-state index >= 15 is 0 Å². The maximum atomic E-state index is 13.6. The molecule has 22 heavy (non-hydrogen) atoms. The number of hydrogen-bond donors (Lipinski definition) is 1. The molecule has 0 bridgehead atoms. The lowest BCUT2D eigenvalue weighted by atomic mass is 10.0. The Kier molecular flexibility index (Phi) is 5.99. The number of esters is 1. The van der Waals surface area contributed by atoms with Gasteiger partial charge in [0.2, 0.25) is 0 Å². The molecule has 0 radical (unpaired) electrons. The third-order valence-corrected chi connectivity index (χ3v) is 2.87. The van der Waals surface area contributed by atoms with Crippen LogP contribution in [0, 0.1) is 28.9 Å². The molecule has 1 amide bonds. The molecule has 1 rings (SSSR count). The van der Waals surface area contributed by atoms with Crippen LogP contribution in [0.1, 0.15) is 31.1 Å². The van der Waals surface area contributed by atoms with Crippen LogP contribution >= 0.6 is 0 Å². The van der Waals surface area contributed by atoms with Crippen molar-refractivity contribution in [3.63, 3.8) is 0 Å². The van der Waals surface area contributed by atoms with E-state index in [-0.39, 0.29) is 0 Å². The molecular formula is C15H16F2N2O3. The molecule has 0 fully saturated rings. The number of rotatable bonds is 5. The summed E-state index contributed by atoms with van der Waals surface area (Å²) in [6, 6.07) is 3.61. The quantitative estimate of drug-likeness (QED) is 0.845. The zero-order valence-electron chi connectivity index (χ0n) is 12.4. The summed E-state index contributed by atoms with van der Waals surface area (Å²) in [5, 5.41) is 10.9. The average Bonchev–Trinajstić information content (AvgIpc) is 2.43. The van der Waals surface area contributed by atoms with Gasteiger partial charge in [0, 0.05) is 0 Å². The Morgan fingerprint density at radius 3 is 2.23 bits per heavy atom. The Labute approximate surface area is 126 Å². The Morgan fingerprint density at radius 2 is 1.77 bits per heavy atom. The van der Waals surface area contributed by atoms with E-state index in [2.05, 4.69) is 5.32 Å². The molecule has 2 atom stereocenters. The van der Waals surface area contributed by atoms with Gasteiger partial charge in [0.25, 0.3) is 5.91 Å². The minimum absolute atomic E-state index is 0.392. The number of carbonyl (C=O) groups is 2. The number of carbonyl (C=O) groups excluding carboxylic acids is 2. The highest BCUT2D eigenvalue weighted by atomic mass is 19.1. The molecule has 7 heteroatoms. The van der Waals surface area contributed by atoms with Crippen molar-refractivity contribution in [3.05, 3.63) is 35.4 Å². The molecule has 0 aliphatic rings. The molecule has 5 nitrogen and oxygen atoms in total. The third kappa shape index (κ3) is 4.25. The lowest BCUT2D eigenvalue weighted by molar-refractivity contribution is -0.149. The van der Waals surface area contributed by atoms with Crippen molar-refractivity contribution in [2.75, 3.05) is 0 Å². The van der Waals surface area contributed by atoms with Gasteiger partial charge in [0.05, 0.1) is 0 Å². The highest BCUT2D eigenvalue weighted by Gasteiger charge is 2.29. The molecule has 0 saturated carbocycles. The normalized spacial score (nSPS) is 13.1. The standard InChI is InChI=1S/C15H16F2N2O3/c1-8(2)13(15(21)22-9(3)7-18)19-14(20)12-10(16)5-4-6-11(12)17/h4-6,8-9,13H,1-3H3,(H,19,20)/t9-,13+/m1/s1. The van der Waals surface area contributed by atoms with Gasteiger partial charge in [0.1, 0.15) is 29.3 Å². The van der Waals surface area contributed by atoms with Crippen LogP contribution in [0.5, 0.6) is 0 Å². The van der Waals surface area contributed by atoms with E-state index in [1.807, 2.05) is 0 Å². The second-order valence-electron chi connectivity index (χ2n) is 5.00. The molecule has 0 aliphatic carbocycles. The topological polar surface area (TPSA) is 79.2 Å². The van der Waals surface area contributed by atoms with Gasteiger partial charge in [-0.2, -0.15) is 5.26 Å². The minimum atomic E-state index is -1.12. The monoisotopic (exact) mass is 310 g/mol. The van der Waals surface area contributed by atoms with Crippen LogP contribution in [0.2, 0.25) is 0 Å². The number of amides is 1. The molecule has 0 aliphatic heterocycles. The van der Waals surface area contributed by atoms with Crippen LogP contribution in [0.25, 0.3) is 0 Å². The average molecular weight is 310 g/mol. The molecule has 0 unspecified atom stereocenters. The fourth-order valence-electron chi connectivity index (χ4n) is 1.70. The fraction of sp³-hybridized carbons (Fsp3) is 0.400. The maximum absolute atomic E-state index is 13.6. The second-order valence-corrected chi connectivity index (χ2v) is 5.00. The Hall–Kier alpha value is -2.49. The van der Waals surface area contributed by atoms with Gasteiger partial charge in [0.15, 0.2) is 6.10 Å². The first-order valence-corrected chi connectivity index (χ1v) is 6.63. The smallest absolute Gasteiger partial charge is 0.330 e. The summed E-state index contributed by atoms with van der Waals surface area (Å²) < 4.78 is 31.9. The van der Waals surface area contributed by atoms with Crippen molar-refractivity contribution >= 4 is 11.9 Å². The number of ether oxygens (including phenoxy) is 1. The van der Waals surface area contributed by atoms with Crippen molar-refractivity contribution in [2.24, 2.45) is 5.92 Å². The van der Waals surface area contributed by atoms with Crippen molar-refractivity contribution in [1.82, 2.24) is 5.32 Å². The number of nitrogens with zero attached hydrogens (tertiary/aromatic N) is 1. The fourth-order valence-corrected chi connectivity index (χ4v) is 1.70. The Bertz CT molecular complexity index is 591. The van der Waals surface area contributed by atoms with E-state index < -0.39 is 47.1 Å². The van der Waals surface area contributed by atoms with Crippen LogP contribution in [-0.2, 0) is 9.53 Å². The van der Waals surface area contributed by atoms with E-state index in [4.69, 9.17) is 10.00 Å². The predicted molar refractivity (Wildman–Crippen MR) is 73.6 cm³/mol. The van der Waals surface area contributed by atoms with E-state index in [1.165, 1.54) is 6.92 Å². The van der Waals surface area contributed by atoms with Crippen molar-refractivity contribution < 1.29 is 23.1 Å². The SMILES string of the molecule is CC(C)[C@H](NC(=O)c1c(F)cccc1F)C(=O)O[C@H](C)C#N. The van der Waals surface area contributed by atoms with Crippen LogP contribution in [0.15, 0.2) is 18.2 Å². The van der Waals surface area contributed by atoms with Crippen LogP contribution < -0.4 is 5.32 Å². The first-order valence-electron chi connectivity index (χ1n) is 6.63. The summed E-state index contributed by atoms with van der Waals surface area (Å²) in [6.45, 7) is 4.62. The van der Waals surface area contributed by atoms with Gasteiger partial charge >= 0.3 is 5.97 Å². The molecule has 1 aromatic carbocycles. The molecule has 0 spiro atoms. The summed E-state index contributed by atoms with van der Waals surface area (Å²) in [7, 11) is 0. The molecule has 0 heterocycles. The lowest BCUT2D eigenvalue weighted by Crippen LogP contribution is -2.46. The van der Waals surface area contributed by atoms with Crippen molar-refractivity contribution in [2.45, 2.75) is 32.9 Å². The molecule has 0 saturated heterocycles. The Balaban J connectivity index is 2.95. The number of halogens is 2.